The Hall–Kier alpha value is -2.38. The second-order valence-electron chi connectivity index (χ2n) is 5.79. The summed E-state index contributed by atoms with van der Waals surface area (Å²) in [7, 11) is 0. The van der Waals surface area contributed by atoms with E-state index >= 15 is 0 Å². The van der Waals surface area contributed by atoms with Gasteiger partial charge in [0.1, 0.15) is 5.82 Å². The number of amides is 1. The van der Waals surface area contributed by atoms with Gasteiger partial charge in [0.2, 0.25) is 5.91 Å². The number of nitrogens with zero attached hydrogens (tertiary/aromatic N) is 3. The molecule has 5 nitrogen and oxygen atoms in total. The molecular weight excluding hydrogens is 387 g/mol. The molecule has 3 rings (SSSR count). The van der Waals surface area contributed by atoms with Crippen molar-refractivity contribution in [2.24, 2.45) is 0 Å². The fourth-order valence-electron chi connectivity index (χ4n) is 2.50. The van der Waals surface area contributed by atoms with E-state index in [1.165, 1.54) is 23.9 Å². The van der Waals surface area contributed by atoms with Crippen LogP contribution in [0.3, 0.4) is 0 Å². The first-order valence-electron chi connectivity index (χ1n) is 8.40. The molecule has 0 spiro atoms. The molecule has 0 radical (unpaired) electrons. The lowest BCUT2D eigenvalue weighted by molar-refractivity contribution is -0.115. The zero-order valence-electron chi connectivity index (χ0n) is 14.8. The number of hydrogen-bond donors (Lipinski definition) is 1. The Bertz CT molecular complexity index is 948. The average molecular weight is 405 g/mol. The third-order valence-electron chi connectivity index (χ3n) is 3.91. The van der Waals surface area contributed by atoms with Crippen molar-refractivity contribution in [3.05, 3.63) is 59.4 Å². The molecule has 3 aromatic rings. The van der Waals surface area contributed by atoms with E-state index in [9.17, 15) is 9.18 Å². The molecule has 1 N–H and O–H groups in total. The van der Waals surface area contributed by atoms with Crippen LogP contribution >= 0.6 is 23.4 Å². The molecule has 2 aromatic carbocycles. The number of hydrogen-bond acceptors (Lipinski definition) is 4. The molecule has 0 aliphatic rings. The minimum Gasteiger partial charge on any atom is -0.323 e. The lowest BCUT2D eigenvalue weighted by Crippen LogP contribution is -2.23. The minimum atomic E-state index is -0.573. The van der Waals surface area contributed by atoms with Crippen molar-refractivity contribution in [2.45, 2.75) is 30.8 Å². The van der Waals surface area contributed by atoms with Gasteiger partial charge in [-0.05, 0) is 32.0 Å². The van der Waals surface area contributed by atoms with E-state index in [0.717, 1.165) is 17.5 Å². The number of carbonyl (C=O) groups excluding carboxylic acids is 1. The number of anilines is 1. The van der Waals surface area contributed by atoms with Gasteiger partial charge in [-0.3, -0.25) is 4.79 Å². The third kappa shape index (κ3) is 4.48. The summed E-state index contributed by atoms with van der Waals surface area (Å²) in [6.07, 6.45) is 0. The summed E-state index contributed by atoms with van der Waals surface area (Å²) in [6.45, 7) is 4.40. The van der Waals surface area contributed by atoms with Crippen LogP contribution in [0, 0.1) is 5.82 Å². The minimum absolute atomic E-state index is 0.0961. The molecule has 0 unspecified atom stereocenters. The largest absolute Gasteiger partial charge is 0.323 e. The Morgan fingerprint density at radius 2 is 2.00 bits per heavy atom. The van der Waals surface area contributed by atoms with Crippen LogP contribution < -0.4 is 5.32 Å². The zero-order chi connectivity index (χ0) is 19.4. The summed E-state index contributed by atoms with van der Waals surface area (Å²) in [5.74, 6) is -0.152. The molecule has 1 heterocycles. The van der Waals surface area contributed by atoms with Gasteiger partial charge in [0, 0.05) is 17.1 Å². The second-order valence-corrected chi connectivity index (χ2v) is 7.53. The van der Waals surface area contributed by atoms with Crippen LogP contribution in [0.25, 0.3) is 11.4 Å². The molecule has 0 aliphatic heterocycles. The van der Waals surface area contributed by atoms with Crippen molar-refractivity contribution < 1.29 is 9.18 Å². The maximum Gasteiger partial charge on any atom is 0.237 e. The highest BCUT2D eigenvalue weighted by molar-refractivity contribution is 8.00. The van der Waals surface area contributed by atoms with E-state index in [1.807, 2.05) is 41.8 Å². The lowest BCUT2D eigenvalue weighted by atomic mass is 10.2. The summed E-state index contributed by atoms with van der Waals surface area (Å²) in [4.78, 5) is 12.4. The molecule has 0 fully saturated rings. The summed E-state index contributed by atoms with van der Waals surface area (Å²) in [5, 5.41) is 11.5. The Morgan fingerprint density at radius 3 is 2.67 bits per heavy atom. The van der Waals surface area contributed by atoms with Crippen LogP contribution in [0.2, 0.25) is 5.02 Å². The van der Waals surface area contributed by atoms with Crippen LogP contribution in [-0.2, 0) is 11.3 Å². The van der Waals surface area contributed by atoms with Gasteiger partial charge in [-0.25, -0.2) is 4.39 Å². The zero-order valence-corrected chi connectivity index (χ0v) is 16.4. The number of rotatable bonds is 6. The van der Waals surface area contributed by atoms with Crippen molar-refractivity contribution >= 4 is 35.0 Å². The topological polar surface area (TPSA) is 59.8 Å². The number of nitrogens with one attached hydrogen (secondary N) is 1. The van der Waals surface area contributed by atoms with Gasteiger partial charge >= 0.3 is 0 Å². The Labute approximate surface area is 166 Å². The molecule has 0 saturated heterocycles. The van der Waals surface area contributed by atoms with E-state index in [4.69, 9.17) is 11.6 Å². The lowest BCUT2D eigenvalue weighted by Gasteiger charge is -2.13. The van der Waals surface area contributed by atoms with Crippen molar-refractivity contribution in [1.82, 2.24) is 14.8 Å². The SMILES string of the molecule is CCn1c(S[C@@H](C)C(=O)Nc2ccc(Cl)cc2F)nnc1-c1ccccc1. The first-order valence-corrected chi connectivity index (χ1v) is 9.66. The number of halogens is 2. The highest BCUT2D eigenvalue weighted by atomic mass is 35.5. The van der Waals surface area contributed by atoms with Gasteiger partial charge in [-0.1, -0.05) is 53.7 Å². The van der Waals surface area contributed by atoms with Crippen molar-refractivity contribution in [3.8, 4) is 11.4 Å². The maximum atomic E-state index is 13.9. The van der Waals surface area contributed by atoms with Crippen molar-refractivity contribution in [2.75, 3.05) is 5.32 Å². The Balaban J connectivity index is 1.75. The predicted octanol–water partition coefficient (Wildman–Crippen LogP) is 4.88. The van der Waals surface area contributed by atoms with Crippen LogP contribution in [0.4, 0.5) is 10.1 Å². The predicted molar refractivity (Wildman–Crippen MR) is 106 cm³/mol. The summed E-state index contributed by atoms with van der Waals surface area (Å²) in [6, 6.07) is 13.9. The number of aromatic nitrogens is 3. The monoisotopic (exact) mass is 404 g/mol. The fourth-order valence-corrected chi connectivity index (χ4v) is 3.57. The molecule has 1 atom stereocenters. The average Bonchev–Trinajstić information content (AvgIpc) is 3.07. The summed E-state index contributed by atoms with van der Waals surface area (Å²) >= 11 is 7.01. The van der Waals surface area contributed by atoms with Crippen LogP contribution in [-0.4, -0.2) is 25.9 Å². The van der Waals surface area contributed by atoms with Crippen molar-refractivity contribution in [1.29, 1.82) is 0 Å². The van der Waals surface area contributed by atoms with E-state index in [0.29, 0.717) is 11.7 Å². The van der Waals surface area contributed by atoms with E-state index in [1.54, 1.807) is 6.92 Å². The van der Waals surface area contributed by atoms with E-state index in [2.05, 4.69) is 15.5 Å². The molecule has 1 amide bonds. The first-order chi connectivity index (χ1) is 13.0. The van der Waals surface area contributed by atoms with Gasteiger partial charge in [0.05, 0.1) is 10.9 Å². The fraction of sp³-hybridized carbons (Fsp3) is 0.211. The van der Waals surface area contributed by atoms with Gasteiger partial charge in [-0.15, -0.1) is 10.2 Å². The number of benzene rings is 2. The normalized spacial score (nSPS) is 12.0. The maximum absolute atomic E-state index is 13.9. The molecule has 0 aliphatic carbocycles. The molecule has 0 bridgehead atoms. The standard InChI is InChI=1S/C19H18ClFN4OS/c1-3-25-17(13-7-5-4-6-8-13)23-24-19(25)27-12(2)18(26)22-16-10-9-14(20)11-15(16)21/h4-12H,3H2,1-2H3,(H,22,26)/t12-/m0/s1. The highest BCUT2D eigenvalue weighted by Gasteiger charge is 2.21. The second kappa shape index (κ2) is 8.54. The summed E-state index contributed by atoms with van der Waals surface area (Å²) < 4.78 is 15.8. The third-order valence-corrected chi connectivity index (χ3v) is 5.22. The quantitative estimate of drug-likeness (QED) is 0.595. The summed E-state index contributed by atoms with van der Waals surface area (Å²) in [5.41, 5.74) is 1.05. The molecule has 0 saturated carbocycles. The van der Waals surface area contributed by atoms with Crippen molar-refractivity contribution in [3.63, 3.8) is 0 Å². The van der Waals surface area contributed by atoms with Gasteiger partial charge in [0.25, 0.3) is 0 Å². The van der Waals surface area contributed by atoms with Crippen LogP contribution in [0.1, 0.15) is 13.8 Å². The smallest absolute Gasteiger partial charge is 0.237 e. The molecular formula is C19H18ClFN4OS. The van der Waals surface area contributed by atoms with E-state index < -0.39 is 11.1 Å². The van der Waals surface area contributed by atoms with Gasteiger partial charge in [0.15, 0.2) is 11.0 Å². The molecule has 140 valence electrons. The van der Waals surface area contributed by atoms with Gasteiger partial charge in [-0.2, -0.15) is 0 Å². The Kier molecular flexibility index (Phi) is 6.13. The molecule has 8 heteroatoms. The van der Waals surface area contributed by atoms with Crippen LogP contribution in [0.15, 0.2) is 53.7 Å². The van der Waals surface area contributed by atoms with E-state index in [-0.39, 0.29) is 16.6 Å². The van der Waals surface area contributed by atoms with Gasteiger partial charge < -0.3 is 9.88 Å². The highest BCUT2D eigenvalue weighted by Crippen LogP contribution is 2.28. The first kappa shape index (κ1) is 19.4. The molecule has 27 heavy (non-hydrogen) atoms. The Morgan fingerprint density at radius 1 is 1.26 bits per heavy atom. The number of carbonyl (C=O) groups is 1. The van der Waals surface area contributed by atoms with Crippen LogP contribution in [0.5, 0.6) is 0 Å². The molecule has 1 aromatic heterocycles. The number of thioether (sulfide) groups is 1.